The molecule has 1 amide bonds. The van der Waals surface area contributed by atoms with Crippen molar-refractivity contribution in [2.24, 2.45) is 0 Å². The largest absolute Gasteiger partial charge is 0.497 e. The summed E-state index contributed by atoms with van der Waals surface area (Å²) in [7, 11) is -2.46. The Morgan fingerprint density at radius 3 is 2.17 bits per heavy atom. The smallest absolute Gasteiger partial charge is 0.245 e. The second kappa shape index (κ2) is 11.0. The molecule has 1 N–H and O–H groups in total. The molecular formula is C26H28FN3O4S. The van der Waals surface area contributed by atoms with E-state index in [1.54, 1.807) is 53.4 Å². The van der Waals surface area contributed by atoms with Crippen molar-refractivity contribution < 1.29 is 22.3 Å². The third-order valence-corrected chi connectivity index (χ3v) is 7.46. The molecule has 0 bridgehead atoms. The molecule has 7 nitrogen and oxygen atoms in total. The number of carbonyl (C=O) groups is 1. The highest BCUT2D eigenvalue weighted by atomic mass is 32.2. The van der Waals surface area contributed by atoms with Crippen LogP contribution in [0.1, 0.15) is 17.2 Å². The number of piperazine rings is 1. The maximum absolute atomic E-state index is 13.5. The van der Waals surface area contributed by atoms with Gasteiger partial charge in [-0.3, -0.25) is 9.69 Å². The molecule has 1 fully saturated rings. The number of nitrogens with one attached hydrogen (secondary N) is 1. The van der Waals surface area contributed by atoms with Crippen molar-refractivity contribution in [1.82, 2.24) is 14.5 Å². The van der Waals surface area contributed by atoms with Crippen LogP contribution in [0.5, 0.6) is 5.75 Å². The standard InChI is InChI=1S/C26H28FN3O4S/c1-34-23-11-13-24(14-12-23)35(32,33)28-25(21-5-3-2-4-6-21)26(31)30-17-15-29(16-18-30)19-20-7-9-22(27)10-8-20/h2-14,25,28H,15-19H2,1H3. The predicted molar refractivity (Wildman–Crippen MR) is 131 cm³/mol. The summed E-state index contributed by atoms with van der Waals surface area (Å²) in [5, 5.41) is 0. The Morgan fingerprint density at radius 1 is 0.943 bits per heavy atom. The predicted octanol–water partition coefficient (Wildman–Crippen LogP) is 3.20. The van der Waals surface area contributed by atoms with Crippen LogP contribution in [0, 0.1) is 5.82 Å². The van der Waals surface area contributed by atoms with E-state index in [1.807, 2.05) is 6.07 Å². The average Bonchev–Trinajstić information content (AvgIpc) is 2.89. The number of hydrogen-bond donors (Lipinski definition) is 1. The summed E-state index contributed by atoms with van der Waals surface area (Å²) in [4.78, 5) is 17.5. The fraction of sp³-hybridized carbons (Fsp3) is 0.269. The zero-order valence-electron chi connectivity index (χ0n) is 19.4. The summed E-state index contributed by atoms with van der Waals surface area (Å²) in [5.74, 6) is -0.0268. The number of carbonyl (C=O) groups excluding carboxylic acids is 1. The summed E-state index contributed by atoms with van der Waals surface area (Å²) >= 11 is 0. The molecule has 0 aliphatic carbocycles. The van der Waals surface area contributed by atoms with Crippen LogP contribution in [-0.2, 0) is 21.4 Å². The number of halogens is 1. The van der Waals surface area contributed by atoms with Crippen LogP contribution in [0.2, 0.25) is 0 Å². The Bertz CT molecular complexity index is 1230. The van der Waals surface area contributed by atoms with Crippen molar-refractivity contribution in [1.29, 1.82) is 0 Å². The number of rotatable bonds is 8. The van der Waals surface area contributed by atoms with Gasteiger partial charge in [0.25, 0.3) is 0 Å². The lowest BCUT2D eigenvalue weighted by molar-refractivity contribution is -0.135. The molecule has 184 valence electrons. The molecule has 0 spiro atoms. The molecule has 1 atom stereocenters. The van der Waals surface area contributed by atoms with Gasteiger partial charge in [0, 0.05) is 32.7 Å². The minimum atomic E-state index is -3.97. The molecule has 1 heterocycles. The SMILES string of the molecule is COc1ccc(S(=O)(=O)NC(C(=O)N2CCN(Cc3ccc(F)cc3)CC2)c2ccccc2)cc1. The molecular weight excluding hydrogens is 469 g/mol. The van der Waals surface area contributed by atoms with Crippen molar-refractivity contribution in [3.8, 4) is 5.75 Å². The quantitative estimate of drug-likeness (QED) is 0.517. The van der Waals surface area contributed by atoms with E-state index in [-0.39, 0.29) is 16.6 Å². The summed E-state index contributed by atoms with van der Waals surface area (Å²) in [6.45, 7) is 2.86. The van der Waals surface area contributed by atoms with Crippen molar-refractivity contribution in [3.05, 3.63) is 95.8 Å². The first-order valence-electron chi connectivity index (χ1n) is 11.3. The van der Waals surface area contributed by atoms with Gasteiger partial charge < -0.3 is 9.64 Å². The van der Waals surface area contributed by atoms with Gasteiger partial charge in [-0.2, -0.15) is 4.72 Å². The highest BCUT2D eigenvalue weighted by Gasteiger charge is 2.32. The van der Waals surface area contributed by atoms with Crippen LogP contribution in [0.4, 0.5) is 4.39 Å². The molecule has 3 aromatic rings. The Morgan fingerprint density at radius 2 is 1.57 bits per heavy atom. The lowest BCUT2D eigenvalue weighted by atomic mass is 10.1. The fourth-order valence-corrected chi connectivity index (χ4v) is 5.22. The van der Waals surface area contributed by atoms with E-state index in [2.05, 4.69) is 9.62 Å². The molecule has 1 unspecified atom stereocenters. The number of sulfonamides is 1. The van der Waals surface area contributed by atoms with Gasteiger partial charge in [-0.15, -0.1) is 0 Å². The molecule has 1 saturated heterocycles. The maximum atomic E-state index is 13.5. The van der Waals surface area contributed by atoms with Crippen molar-refractivity contribution >= 4 is 15.9 Å². The lowest BCUT2D eigenvalue weighted by Crippen LogP contribution is -2.51. The van der Waals surface area contributed by atoms with Crippen LogP contribution in [0.15, 0.2) is 83.8 Å². The van der Waals surface area contributed by atoms with E-state index in [0.717, 1.165) is 5.56 Å². The first-order valence-corrected chi connectivity index (χ1v) is 12.8. The van der Waals surface area contributed by atoms with Gasteiger partial charge in [-0.25, -0.2) is 12.8 Å². The van der Waals surface area contributed by atoms with E-state index in [4.69, 9.17) is 4.74 Å². The summed E-state index contributed by atoms with van der Waals surface area (Å²) in [5.41, 5.74) is 1.57. The lowest BCUT2D eigenvalue weighted by Gasteiger charge is -2.36. The zero-order chi connectivity index (χ0) is 24.8. The molecule has 0 radical (unpaired) electrons. The molecule has 0 saturated carbocycles. The number of amides is 1. The van der Waals surface area contributed by atoms with Crippen LogP contribution in [-0.4, -0.2) is 57.4 Å². The summed E-state index contributed by atoms with van der Waals surface area (Å²) in [6.07, 6.45) is 0. The average molecular weight is 498 g/mol. The van der Waals surface area contributed by atoms with Crippen LogP contribution < -0.4 is 9.46 Å². The molecule has 3 aromatic carbocycles. The number of ether oxygens (including phenoxy) is 1. The van der Waals surface area contributed by atoms with Crippen LogP contribution >= 0.6 is 0 Å². The summed E-state index contributed by atoms with van der Waals surface area (Å²) in [6, 6.07) is 20.2. The molecule has 1 aliphatic rings. The highest BCUT2D eigenvalue weighted by molar-refractivity contribution is 7.89. The fourth-order valence-electron chi connectivity index (χ4n) is 4.04. The number of methoxy groups -OCH3 is 1. The molecule has 0 aromatic heterocycles. The molecule has 35 heavy (non-hydrogen) atoms. The van der Waals surface area contributed by atoms with Gasteiger partial charge in [0.15, 0.2) is 0 Å². The van der Waals surface area contributed by atoms with Gasteiger partial charge in [0.1, 0.15) is 17.6 Å². The second-order valence-electron chi connectivity index (χ2n) is 8.37. The Labute approximate surface area is 205 Å². The highest BCUT2D eigenvalue weighted by Crippen LogP contribution is 2.22. The Hall–Kier alpha value is -3.27. The van der Waals surface area contributed by atoms with E-state index >= 15 is 0 Å². The van der Waals surface area contributed by atoms with Gasteiger partial charge in [0.05, 0.1) is 12.0 Å². The van der Waals surface area contributed by atoms with Gasteiger partial charge in [-0.1, -0.05) is 42.5 Å². The molecule has 4 rings (SSSR count). The topological polar surface area (TPSA) is 78.9 Å². The number of benzene rings is 3. The maximum Gasteiger partial charge on any atom is 0.245 e. The van der Waals surface area contributed by atoms with Gasteiger partial charge >= 0.3 is 0 Å². The Balaban J connectivity index is 1.47. The first kappa shape index (κ1) is 24.8. The Kier molecular flexibility index (Phi) is 7.80. The monoisotopic (exact) mass is 497 g/mol. The van der Waals surface area contributed by atoms with E-state index < -0.39 is 16.1 Å². The third kappa shape index (κ3) is 6.25. The van der Waals surface area contributed by atoms with E-state index in [9.17, 15) is 17.6 Å². The van der Waals surface area contributed by atoms with Crippen molar-refractivity contribution in [2.45, 2.75) is 17.5 Å². The third-order valence-electron chi connectivity index (χ3n) is 6.03. The molecule has 9 heteroatoms. The summed E-state index contributed by atoms with van der Waals surface area (Å²) < 4.78 is 47.1. The van der Waals surface area contributed by atoms with Gasteiger partial charge in [-0.05, 0) is 47.5 Å². The van der Waals surface area contributed by atoms with E-state index in [0.29, 0.717) is 44.0 Å². The minimum Gasteiger partial charge on any atom is -0.497 e. The van der Waals surface area contributed by atoms with Gasteiger partial charge in [0.2, 0.25) is 15.9 Å². The van der Waals surface area contributed by atoms with E-state index in [1.165, 1.54) is 31.4 Å². The van der Waals surface area contributed by atoms with Crippen LogP contribution in [0.25, 0.3) is 0 Å². The first-order chi connectivity index (χ1) is 16.9. The molecule has 1 aliphatic heterocycles. The second-order valence-corrected chi connectivity index (χ2v) is 10.1. The minimum absolute atomic E-state index is 0.0520. The van der Waals surface area contributed by atoms with Crippen molar-refractivity contribution in [2.75, 3.05) is 33.3 Å². The van der Waals surface area contributed by atoms with Crippen molar-refractivity contribution in [3.63, 3.8) is 0 Å². The number of nitrogens with zero attached hydrogens (tertiary/aromatic N) is 2. The zero-order valence-corrected chi connectivity index (χ0v) is 20.2. The number of hydrogen-bond acceptors (Lipinski definition) is 5. The normalized spacial score (nSPS) is 15.5. The van der Waals surface area contributed by atoms with Crippen LogP contribution in [0.3, 0.4) is 0 Å².